The second kappa shape index (κ2) is 11.1. The van der Waals surface area contributed by atoms with Gasteiger partial charge in [0, 0.05) is 6.42 Å². The third kappa shape index (κ3) is 7.39. The average molecular weight is 548 g/mol. The third-order valence-electron chi connectivity index (χ3n) is 4.38. The molecular weight excluding hydrogens is 527 g/mol. The molecule has 3 rings (SSSR count). The van der Waals surface area contributed by atoms with Crippen LogP contribution in [0.1, 0.15) is 31.6 Å². The molecule has 11 heteroatoms. The van der Waals surface area contributed by atoms with Gasteiger partial charge in [-0.15, -0.1) is 0 Å². The highest BCUT2D eigenvalue weighted by Gasteiger charge is 2.36. The van der Waals surface area contributed by atoms with Gasteiger partial charge < -0.3 is 14.5 Å². The lowest BCUT2D eigenvalue weighted by Gasteiger charge is -2.26. The molecule has 0 spiro atoms. The van der Waals surface area contributed by atoms with Gasteiger partial charge in [-0.2, -0.15) is 0 Å². The van der Waals surface area contributed by atoms with Crippen LogP contribution in [0.25, 0.3) is 6.08 Å². The maximum absolute atomic E-state index is 12.7. The minimum Gasteiger partial charge on any atom is -0.467 e. The molecule has 0 radical (unpaired) electrons. The van der Waals surface area contributed by atoms with Crippen LogP contribution < -0.4 is 10.1 Å². The van der Waals surface area contributed by atoms with Crippen LogP contribution in [0.2, 0.25) is 0 Å². The number of halogens is 3. The van der Waals surface area contributed by atoms with Crippen molar-refractivity contribution in [1.29, 1.82) is 0 Å². The number of alkyl halides is 3. The van der Waals surface area contributed by atoms with Crippen LogP contribution in [0.4, 0.5) is 0 Å². The second-order valence-electron chi connectivity index (χ2n) is 7.62. The molecular formula is C22H21Cl3N2O4S2. The van der Waals surface area contributed by atoms with E-state index in [1.165, 1.54) is 16.7 Å². The Morgan fingerprint density at radius 1 is 1.27 bits per heavy atom. The van der Waals surface area contributed by atoms with E-state index in [-0.39, 0.29) is 30.7 Å². The fourth-order valence-corrected chi connectivity index (χ4v) is 4.43. The quantitative estimate of drug-likeness (QED) is 0.191. The van der Waals surface area contributed by atoms with Crippen molar-refractivity contribution in [2.75, 3.05) is 0 Å². The first kappa shape index (κ1) is 25.9. The van der Waals surface area contributed by atoms with Gasteiger partial charge in [0.1, 0.15) is 15.8 Å². The zero-order chi connectivity index (χ0) is 24.2. The highest BCUT2D eigenvalue weighted by Crippen LogP contribution is 2.35. The van der Waals surface area contributed by atoms with E-state index < -0.39 is 10.0 Å². The van der Waals surface area contributed by atoms with E-state index >= 15 is 0 Å². The molecule has 1 aromatic carbocycles. The third-order valence-corrected chi connectivity index (χ3v) is 6.35. The number of hydrogen-bond acceptors (Lipinski definition) is 6. The molecule has 0 unspecified atom stereocenters. The molecule has 2 heterocycles. The highest BCUT2D eigenvalue weighted by molar-refractivity contribution is 8.26. The van der Waals surface area contributed by atoms with Crippen molar-refractivity contribution >= 4 is 81.0 Å². The first-order valence-electron chi connectivity index (χ1n) is 9.93. The van der Waals surface area contributed by atoms with E-state index in [0.29, 0.717) is 20.7 Å². The lowest BCUT2D eigenvalue weighted by molar-refractivity contribution is -0.124. The van der Waals surface area contributed by atoms with Gasteiger partial charge in [-0.05, 0) is 41.8 Å². The first-order valence-corrected chi connectivity index (χ1v) is 12.3. The molecule has 33 heavy (non-hydrogen) atoms. The summed E-state index contributed by atoms with van der Waals surface area (Å²) in [5.41, 5.74) is 0.759. The highest BCUT2D eigenvalue weighted by atomic mass is 35.6. The lowest BCUT2D eigenvalue weighted by Crippen LogP contribution is -2.48. The van der Waals surface area contributed by atoms with Crippen LogP contribution in [0.3, 0.4) is 0 Å². The van der Waals surface area contributed by atoms with E-state index in [4.69, 9.17) is 56.2 Å². The van der Waals surface area contributed by atoms with Gasteiger partial charge in [0.05, 0.1) is 17.7 Å². The molecule has 0 bridgehead atoms. The molecule has 6 nitrogen and oxygen atoms in total. The Balaban J connectivity index is 1.67. The molecule has 1 aliphatic rings. The predicted molar refractivity (Wildman–Crippen MR) is 136 cm³/mol. The molecule has 0 saturated carbocycles. The summed E-state index contributed by atoms with van der Waals surface area (Å²) in [4.78, 5) is 26.8. The molecule has 2 aromatic rings. The minimum absolute atomic E-state index is 0.146. The van der Waals surface area contributed by atoms with Crippen molar-refractivity contribution in [3.63, 3.8) is 0 Å². The van der Waals surface area contributed by atoms with Gasteiger partial charge in [0.25, 0.3) is 5.91 Å². The minimum atomic E-state index is -1.87. The number of nitrogens with zero attached hydrogens (tertiary/aromatic N) is 1. The molecule has 176 valence electrons. The maximum Gasteiger partial charge on any atom is 0.266 e. The molecule has 1 saturated heterocycles. The SMILES string of the molecule is CC(C)CC(=O)N[C@H](Oc1ccc(/C=C2\SC(=S)N(Cc3ccco3)C2=O)cc1)C(Cl)(Cl)Cl. The Kier molecular flexibility index (Phi) is 8.75. The smallest absolute Gasteiger partial charge is 0.266 e. The summed E-state index contributed by atoms with van der Waals surface area (Å²) in [6, 6.07) is 10.4. The standard InChI is InChI=1S/C22H21Cl3N2O4S2/c1-13(2)10-18(28)26-20(22(23,24)25)31-15-7-5-14(6-8-15)11-17-19(29)27(21(32)33-17)12-16-4-3-9-30-16/h3-9,11,13,20H,10,12H2,1-2H3,(H,26,28)/b17-11-/t20-/m1/s1. The molecule has 1 aliphatic heterocycles. The number of thiocarbonyl (C=S) groups is 1. The van der Waals surface area contributed by atoms with Crippen molar-refractivity contribution in [2.45, 2.75) is 36.8 Å². The Morgan fingerprint density at radius 2 is 1.97 bits per heavy atom. The van der Waals surface area contributed by atoms with Crippen molar-refractivity contribution in [3.05, 3.63) is 58.9 Å². The Labute approximate surface area is 216 Å². The molecule has 1 N–H and O–H groups in total. The largest absolute Gasteiger partial charge is 0.467 e. The zero-order valence-corrected chi connectivity index (χ0v) is 21.6. The van der Waals surface area contributed by atoms with Crippen LogP contribution in [0, 0.1) is 5.92 Å². The Hall–Kier alpha value is -1.71. The van der Waals surface area contributed by atoms with Crippen LogP contribution in [-0.4, -0.2) is 31.1 Å². The number of thioether (sulfide) groups is 1. The topological polar surface area (TPSA) is 71.8 Å². The summed E-state index contributed by atoms with van der Waals surface area (Å²) in [7, 11) is 0. The summed E-state index contributed by atoms with van der Waals surface area (Å²) < 4.78 is 9.61. The summed E-state index contributed by atoms with van der Waals surface area (Å²) >= 11 is 24.5. The molecule has 1 atom stereocenters. The maximum atomic E-state index is 12.7. The zero-order valence-electron chi connectivity index (χ0n) is 17.7. The van der Waals surface area contributed by atoms with Crippen LogP contribution >= 0.6 is 58.8 Å². The number of rotatable bonds is 8. The van der Waals surface area contributed by atoms with Gasteiger partial charge in [0.15, 0.2) is 0 Å². The van der Waals surface area contributed by atoms with Crippen molar-refractivity contribution in [3.8, 4) is 5.75 Å². The normalized spacial score (nSPS) is 16.5. The molecule has 0 aliphatic carbocycles. The van der Waals surface area contributed by atoms with Gasteiger partial charge >= 0.3 is 0 Å². The van der Waals surface area contributed by atoms with Crippen molar-refractivity contribution in [2.24, 2.45) is 5.92 Å². The van der Waals surface area contributed by atoms with Gasteiger partial charge in [-0.25, -0.2) is 0 Å². The summed E-state index contributed by atoms with van der Waals surface area (Å²) in [6.07, 6.45) is 2.40. The molecule has 1 aromatic heterocycles. The Morgan fingerprint density at radius 3 is 2.55 bits per heavy atom. The fraction of sp³-hybridized carbons (Fsp3) is 0.318. The predicted octanol–water partition coefficient (Wildman–Crippen LogP) is 5.92. The lowest BCUT2D eigenvalue weighted by atomic mass is 10.1. The second-order valence-corrected chi connectivity index (χ2v) is 11.7. The van der Waals surface area contributed by atoms with Gasteiger partial charge in [-0.3, -0.25) is 14.5 Å². The number of furan rings is 1. The van der Waals surface area contributed by atoms with E-state index in [1.54, 1.807) is 48.7 Å². The number of ether oxygens (including phenoxy) is 1. The number of benzene rings is 1. The van der Waals surface area contributed by atoms with Crippen molar-refractivity contribution < 1.29 is 18.7 Å². The first-order chi connectivity index (χ1) is 15.5. The van der Waals surface area contributed by atoms with Crippen LogP contribution in [-0.2, 0) is 16.1 Å². The van der Waals surface area contributed by atoms with E-state index in [2.05, 4.69) is 5.32 Å². The number of hydrogen-bond donors (Lipinski definition) is 1. The van der Waals surface area contributed by atoms with E-state index in [0.717, 1.165) is 5.56 Å². The molecule has 2 amide bonds. The van der Waals surface area contributed by atoms with Gasteiger partial charge in [-0.1, -0.05) is 84.8 Å². The molecule has 1 fully saturated rings. The fourth-order valence-electron chi connectivity index (χ4n) is 2.88. The van der Waals surface area contributed by atoms with Gasteiger partial charge in [0.2, 0.25) is 15.9 Å². The number of nitrogens with one attached hydrogen (secondary N) is 1. The van der Waals surface area contributed by atoms with Crippen LogP contribution in [0.15, 0.2) is 52.0 Å². The Bertz CT molecular complexity index is 1030. The number of amides is 2. The summed E-state index contributed by atoms with van der Waals surface area (Å²) in [5, 5.41) is 2.60. The number of carbonyl (C=O) groups is 2. The summed E-state index contributed by atoms with van der Waals surface area (Å²) in [5.74, 6) is 0.713. The van der Waals surface area contributed by atoms with Crippen LogP contribution in [0.5, 0.6) is 5.75 Å². The van der Waals surface area contributed by atoms with E-state index in [1.807, 2.05) is 13.8 Å². The van der Waals surface area contributed by atoms with E-state index in [9.17, 15) is 9.59 Å². The van der Waals surface area contributed by atoms with Crippen molar-refractivity contribution in [1.82, 2.24) is 10.2 Å². The number of carbonyl (C=O) groups excluding carboxylic acids is 2. The average Bonchev–Trinajstić information content (AvgIpc) is 3.32. The monoisotopic (exact) mass is 546 g/mol. The summed E-state index contributed by atoms with van der Waals surface area (Å²) in [6.45, 7) is 4.10.